The van der Waals surface area contributed by atoms with Crippen molar-refractivity contribution in [3.05, 3.63) is 40.4 Å². The molecule has 0 spiro atoms. The van der Waals surface area contributed by atoms with E-state index in [1.807, 2.05) is 39.0 Å². The molecule has 2 aromatic carbocycles. The fourth-order valence-electron chi connectivity index (χ4n) is 4.23. The lowest BCUT2D eigenvalue weighted by atomic mass is 10.1. The molecule has 11 heteroatoms. The molecule has 0 atom stereocenters. The number of anilines is 1. The van der Waals surface area contributed by atoms with Crippen molar-refractivity contribution in [2.45, 2.75) is 27.2 Å². The monoisotopic (exact) mass is 627 g/mol. The van der Waals surface area contributed by atoms with Crippen LogP contribution >= 0.6 is 39.7 Å². The van der Waals surface area contributed by atoms with Crippen LogP contribution in [0.1, 0.15) is 37.6 Å². The molecule has 1 aliphatic rings. The molecular formula is C27H35BrClN3O5S. The molecule has 1 aromatic heterocycles. The third-order valence-corrected chi connectivity index (χ3v) is 7.47. The summed E-state index contributed by atoms with van der Waals surface area (Å²) < 4.78 is 25.0. The van der Waals surface area contributed by atoms with Crippen LogP contribution in [-0.4, -0.2) is 75.0 Å². The molecule has 0 bridgehead atoms. The molecule has 1 saturated heterocycles. The molecule has 0 unspecified atom stereocenters. The molecular weight excluding hydrogens is 594 g/mol. The van der Waals surface area contributed by atoms with Crippen LogP contribution in [0.4, 0.5) is 5.13 Å². The van der Waals surface area contributed by atoms with Crippen LogP contribution in [0, 0.1) is 0 Å². The van der Waals surface area contributed by atoms with Crippen molar-refractivity contribution < 1.29 is 23.7 Å². The van der Waals surface area contributed by atoms with Gasteiger partial charge >= 0.3 is 0 Å². The number of amides is 1. The van der Waals surface area contributed by atoms with E-state index >= 15 is 0 Å². The number of ether oxygens (including phenoxy) is 4. The molecule has 0 radical (unpaired) electrons. The number of fused-ring (bicyclic) bond motifs is 1. The summed E-state index contributed by atoms with van der Waals surface area (Å²) in [7, 11) is 0. The van der Waals surface area contributed by atoms with E-state index < -0.39 is 0 Å². The van der Waals surface area contributed by atoms with Gasteiger partial charge in [0, 0.05) is 36.2 Å². The van der Waals surface area contributed by atoms with E-state index in [2.05, 4.69) is 20.8 Å². The van der Waals surface area contributed by atoms with Crippen molar-refractivity contribution >= 4 is 60.9 Å². The molecule has 8 nitrogen and oxygen atoms in total. The molecule has 38 heavy (non-hydrogen) atoms. The van der Waals surface area contributed by atoms with E-state index in [-0.39, 0.29) is 18.3 Å². The van der Waals surface area contributed by atoms with Crippen molar-refractivity contribution in [2.75, 3.05) is 64.1 Å². The van der Waals surface area contributed by atoms with Gasteiger partial charge in [-0.15, -0.1) is 12.4 Å². The summed E-state index contributed by atoms with van der Waals surface area (Å²) in [5, 5.41) is 0.671. The molecule has 0 aliphatic carbocycles. The van der Waals surface area contributed by atoms with Gasteiger partial charge in [-0.2, -0.15) is 0 Å². The Hall–Kier alpha value is -2.11. The average molecular weight is 629 g/mol. The Balaban J connectivity index is 0.00000400. The Labute approximate surface area is 242 Å². The Kier molecular flexibility index (Phi) is 11.9. The number of halogens is 2. The van der Waals surface area contributed by atoms with Gasteiger partial charge in [0.2, 0.25) is 5.75 Å². The van der Waals surface area contributed by atoms with Gasteiger partial charge in [-0.05, 0) is 57.5 Å². The maximum absolute atomic E-state index is 14.1. The predicted molar refractivity (Wildman–Crippen MR) is 158 cm³/mol. The van der Waals surface area contributed by atoms with E-state index in [0.29, 0.717) is 54.3 Å². The van der Waals surface area contributed by atoms with Gasteiger partial charge in [-0.3, -0.25) is 14.6 Å². The number of thiazole rings is 1. The van der Waals surface area contributed by atoms with Gasteiger partial charge in [-0.25, -0.2) is 4.98 Å². The van der Waals surface area contributed by atoms with Gasteiger partial charge in [0.05, 0.1) is 43.3 Å². The van der Waals surface area contributed by atoms with Crippen LogP contribution in [0.15, 0.2) is 34.8 Å². The highest BCUT2D eigenvalue weighted by Crippen LogP contribution is 2.40. The van der Waals surface area contributed by atoms with Gasteiger partial charge in [0.15, 0.2) is 16.6 Å². The number of morpholine rings is 1. The van der Waals surface area contributed by atoms with Crippen LogP contribution < -0.4 is 19.1 Å². The summed E-state index contributed by atoms with van der Waals surface area (Å²) in [4.78, 5) is 23.0. The average Bonchev–Trinajstić information content (AvgIpc) is 3.31. The van der Waals surface area contributed by atoms with Crippen LogP contribution in [0.3, 0.4) is 0 Å². The minimum Gasteiger partial charge on any atom is -0.490 e. The molecule has 2 heterocycles. The maximum Gasteiger partial charge on any atom is 0.260 e. The van der Waals surface area contributed by atoms with E-state index in [9.17, 15) is 4.79 Å². The molecule has 208 valence electrons. The van der Waals surface area contributed by atoms with E-state index in [1.165, 1.54) is 11.3 Å². The molecule has 1 aliphatic heterocycles. The molecule has 3 aromatic rings. The van der Waals surface area contributed by atoms with Gasteiger partial charge in [-0.1, -0.05) is 27.3 Å². The maximum atomic E-state index is 14.1. The van der Waals surface area contributed by atoms with Gasteiger partial charge in [0.1, 0.15) is 0 Å². The summed E-state index contributed by atoms with van der Waals surface area (Å²) in [6.45, 7) is 11.8. The number of aromatic nitrogens is 1. The number of rotatable bonds is 12. The zero-order valence-corrected chi connectivity index (χ0v) is 25.3. The zero-order valence-electron chi connectivity index (χ0n) is 22.0. The van der Waals surface area contributed by atoms with Crippen molar-refractivity contribution in [3.63, 3.8) is 0 Å². The standard InChI is InChI=1S/C27H34BrN3O5S.ClH/c1-4-34-22-16-19(17-23(35-5-2)25(22)36-6-3)26(32)31(11-7-10-30-12-14-33-15-13-30)27-29-21-9-8-20(28)18-24(21)37-27;/h8-9,16-18H,4-7,10-15H2,1-3H3;1H. The Bertz CT molecular complexity index is 1180. The van der Waals surface area contributed by atoms with Crippen LogP contribution in [0.2, 0.25) is 0 Å². The normalized spacial score (nSPS) is 13.7. The summed E-state index contributed by atoms with van der Waals surface area (Å²) in [5.74, 6) is 1.37. The number of benzene rings is 2. The van der Waals surface area contributed by atoms with E-state index in [4.69, 9.17) is 23.9 Å². The second kappa shape index (κ2) is 14.9. The fraction of sp³-hybridized carbons (Fsp3) is 0.481. The number of carbonyl (C=O) groups is 1. The number of nitrogens with zero attached hydrogens (tertiary/aromatic N) is 3. The molecule has 1 fully saturated rings. The lowest BCUT2D eigenvalue weighted by Gasteiger charge is -2.28. The smallest absolute Gasteiger partial charge is 0.260 e. The van der Waals surface area contributed by atoms with Crippen LogP contribution in [0.25, 0.3) is 10.2 Å². The predicted octanol–water partition coefficient (Wildman–Crippen LogP) is 6.05. The molecule has 1 amide bonds. The summed E-state index contributed by atoms with van der Waals surface area (Å²) in [6, 6.07) is 9.46. The first-order chi connectivity index (χ1) is 18.0. The number of hydrogen-bond acceptors (Lipinski definition) is 8. The molecule has 4 rings (SSSR count). The Morgan fingerprint density at radius 1 is 1.05 bits per heavy atom. The number of carbonyl (C=O) groups excluding carboxylic acids is 1. The van der Waals surface area contributed by atoms with Gasteiger partial charge < -0.3 is 18.9 Å². The first kappa shape index (κ1) is 30.4. The SMILES string of the molecule is CCOc1cc(C(=O)N(CCCN2CCOCC2)c2nc3ccc(Br)cc3s2)cc(OCC)c1OCC.Cl. The van der Waals surface area contributed by atoms with Crippen LogP contribution in [-0.2, 0) is 4.74 Å². The Morgan fingerprint density at radius 3 is 2.34 bits per heavy atom. The fourth-order valence-corrected chi connectivity index (χ4v) is 5.77. The first-order valence-electron chi connectivity index (χ1n) is 12.8. The lowest BCUT2D eigenvalue weighted by molar-refractivity contribution is 0.0376. The number of hydrogen-bond donors (Lipinski definition) is 0. The zero-order chi connectivity index (χ0) is 26.2. The third kappa shape index (κ3) is 7.51. The minimum absolute atomic E-state index is 0. The second-order valence-corrected chi connectivity index (χ2v) is 10.4. The second-order valence-electron chi connectivity index (χ2n) is 8.47. The quantitative estimate of drug-likeness (QED) is 0.242. The van der Waals surface area contributed by atoms with Crippen molar-refractivity contribution in [2.24, 2.45) is 0 Å². The lowest BCUT2D eigenvalue weighted by Crippen LogP contribution is -2.39. The minimum atomic E-state index is -0.148. The van der Waals surface area contributed by atoms with Crippen molar-refractivity contribution in [1.82, 2.24) is 9.88 Å². The summed E-state index contributed by atoms with van der Waals surface area (Å²) in [6.07, 6.45) is 0.818. The van der Waals surface area contributed by atoms with E-state index in [1.54, 1.807) is 17.0 Å². The van der Waals surface area contributed by atoms with Crippen molar-refractivity contribution in [3.8, 4) is 17.2 Å². The highest BCUT2D eigenvalue weighted by Gasteiger charge is 2.25. The highest BCUT2D eigenvalue weighted by molar-refractivity contribution is 9.10. The molecule has 0 N–H and O–H groups in total. The summed E-state index contributed by atoms with van der Waals surface area (Å²) in [5.41, 5.74) is 1.34. The van der Waals surface area contributed by atoms with E-state index in [0.717, 1.165) is 54.0 Å². The Morgan fingerprint density at radius 2 is 1.71 bits per heavy atom. The highest BCUT2D eigenvalue weighted by atomic mass is 79.9. The third-order valence-electron chi connectivity index (χ3n) is 5.93. The topological polar surface area (TPSA) is 73.4 Å². The molecule has 0 saturated carbocycles. The van der Waals surface area contributed by atoms with Crippen LogP contribution in [0.5, 0.6) is 17.2 Å². The first-order valence-corrected chi connectivity index (χ1v) is 14.4. The summed E-state index contributed by atoms with van der Waals surface area (Å²) >= 11 is 5.05. The van der Waals surface area contributed by atoms with Gasteiger partial charge in [0.25, 0.3) is 5.91 Å². The largest absolute Gasteiger partial charge is 0.490 e. The van der Waals surface area contributed by atoms with Crippen molar-refractivity contribution in [1.29, 1.82) is 0 Å².